The van der Waals surface area contributed by atoms with Crippen LogP contribution >= 0.6 is 0 Å². The fourth-order valence-electron chi connectivity index (χ4n) is 4.99. The van der Waals surface area contributed by atoms with E-state index in [0.717, 1.165) is 67.5 Å². The Morgan fingerprint density at radius 3 is 2.61 bits per heavy atom. The van der Waals surface area contributed by atoms with Crippen LogP contribution in [0, 0.1) is 18.3 Å². The van der Waals surface area contributed by atoms with Gasteiger partial charge in [0.15, 0.2) is 11.5 Å². The SMILES string of the molecule is Cc1cc(C#N)nn1-c1nc(-c2cnn3cc(N4CCN(C5COC5)CC4)ccc23)ccc1C(C)O. The second-order valence-electron chi connectivity index (χ2n) is 9.47. The summed E-state index contributed by atoms with van der Waals surface area (Å²) in [5.41, 5.74) is 5.43. The molecule has 1 unspecified atom stereocenters. The highest BCUT2D eigenvalue weighted by Gasteiger charge is 2.29. The van der Waals surface area contributed by atoms with Crippen molar-refractivity contribution in [3.05, 3.63) is 59.7 Å². The minimum Gasteiger partial charge on any atom is -0.389 e. The van der Waals surface area contributed by atoms with Crippen molar-refractivity contribution in [3.8, 4) is 23.1 Å². The molecule has 184 valence electrons. The number of nitriles is 1. The molecule has 36 heavy (non-hydrogen) atoms. The molecule has 6 rings (SSSR count). The molecular weight excluding hydrogens is 456 g/mol. The maximum atomic E-state index is 10.4. The largest absolute Gasteiger partial charge is 0.389 e. The maximum Gasteiger partial charge on any atom is 0.163 e. The number of rotatable bonds is 5. The van der Waals surface area contributed by atoms with Crippen LogP contribution in [0.4, 0.5) is 5.69 Å². The number of hydrogen-bond acceptors (Lipinski definition) is 8. The number of aromatic nitrogens is 5. The van der Waals surface area contributed by atoms with Crippen LogP contribution < -0.4 is 4.90 Å². The molecule has 6 heterocycles. The van der Waals surface area contributed by atoms with Crippen LogP contribution in [0.5, 0.6) is 0 Å². The van der Waals surface area contributed by atoms with Gasteiger partial charge in [-0.25, -0.2) is 14.2 Å². The third-order valence-corrected chi connectivity index (χ3v) is 7.15. The average Bonchev–Trinajstić information content (AvgIpc) is 3.45. The average molecular weight is 485 g/mol. The van der Waals surface area contributed by atoms with E-state index in [1.807, 2.05) is 29.8 Å². The number of pyridine rings is 2. The van der Waals surface area contributed by atoms with Crippen LogP contribution in [0.25, 0.3) is 22.6 Å². The first kappa shape index (κ1) is 22.7. The van der Waals surface area contributed by atoms with E-state index in [1.165, 1.54) is 0 Å². The molecule has 0 bridgehead atoms. The molecule has 0 radical (unpaired) electrons. The summed E-state index contributed by atoms with van der Waals surface area (Å²) in [4.78, 5) is 9.79. The van der Waals surface area contributed by atoms with Gasteiger partial charge in [-0.1, -0.05) is 6.07 Å². The Balaban J connectivity index is 1.31. The molecule has 4 aromatic rings. The van der Waals surface area contributed by atoms with Crippen molar-refractivity contribution in [3.63, 3.8) is 0 Å². The Kier molecular flexibility index (Phi) is 5.68. The first-order chi connectivity index (χ1) is 17.5. The zero-order valence-corrected chi connectivity index (χ0v) is 20.4. The molecule has 10 heteroatoms. The molecule has 0 aromatic carbocycles. The molecule has 2 aliphatic heterocycles. The normalized spacial score (nSPS) is 17.8. The predicted octanol–water partition coefficient (Wildman–Crippen LogP) is 2.34. The van der Waals surface area contributed by atoms with Crippen LogP contribution in [0.1, 0.15) is 30.0 Å². The number of anilines is 1. The first-order valence-corrected chi connectivity index (χ1v) is 12.2. The van der Waals surface area contributed by atoms with E-state index in [4.69, 9.17) is 9.72 Å². The van der Waals surface area contributed by atoms with Crippen molar-refractivity contribution in [2.75, 3.05) is 44.3 Å². The first-order valence-electron chi connectivity index (χ1n) is 12.2. The van der Waals surface area contributed by atoms with Crippen molar-refractivity contribution in [2.24, 2.45) is 0 Å². The van der Waals surface area contributed by atoms with E-state index in [1.54, 1.807) is 17.7 Å². The fourth-order valence-corrected chi connectivity index (χ4v) is 4.99. The van der Waals surface area contributed by atoms with E-state index in [9.17, 15) is 10.4 Å². The summed E-state index contributed by atoms with van der Waals surface area (Å²) in [6, 6.07) is 12.3. The lowest BCUT2D eigenvalue weighted by molar-refractivity contribution is -0.0660. The van der Waals surface area contributed by atoms with Crippen molar-refractivity contribution in [2.45, 2.75) is 26.0 Å². The molecule has 1 N–H and O–H groups in total. The summed E-state index contributed by atoms with van der Waals surface area (Å²) in [5.74, 6) is 0.507. The molecule has 0 spiro atoms. The molecule has 2 fully saturated rings. The van der Waals surface area contributed by atoms with Crippen molar-refractivity contribution in [1.82, 2.24) is 29.3 Å². The number of nitrogens with zero attached hydrogens (tertiary/aromatic N) is 8. The lowest BCUT2D eigenvalue weighted by Gasteiger charge is -2.43. The van der Waals surface area contributed by atoms with Crippen LogP contribution in [0.3, 0.4) is 0 Å². The summed E-state index contributed by atoms with van der Waals surface area (Å²) in [6.07, 6.45) is 3.15. The van der Waals surface area contributed by atoms with Crippen LogP contribution in [0.2, 0.25) is 0 Å². The van der Waals surface area contributed by atoms with Crippen molar-refractivity contribution in [1.29, 1.82) is 5.26 Å². The topological polar surface area (TPSA) is 108 Å². The van der Waals surface area contributed by atoms with Gasteiger partial charge in [0.05, 0.1) is 54.7 Å². The Bertz CT molecular complexity index is 1450. The van der Waals surface area contributed by atoms with E-state index in [0.29, 0.717) is 23.1 Å². The lowest BCUT2D eigenvalue weighted by Crippen LogP contribution is -2.56. The Labute approximate surface area is 209 Å². The van der Waals surface area contributed by atoms with Gasteiger partial charge in [-0.05, 0) is 38.1 Å². The predicted molar refractivity (Wildman–Crippen MR) is 134 cm³/mol. The van der Waals surface area contributed by atoms with Gasteiger partial charge in [0.25, 0.3) is 0 Å². The minimum atomic E-state index is -0.737. The number of ether oxygens (including phenoxy) is 1. The van der Waals surface area contributed by atoms with Gasteiger partial charge in [0.2, 0.25) is 0 Å². The van der Waals surface area contributed by atoms with Gasteiger partial charge in [0, 0.05) is 43.0 Å². The Morgan fingerprint density at radius 2 is 1.94 bits per heavy atom. The highest BCUT2D eigenvalue weighted by atomic mass is 16.5. The third kappa shape index (κ3) is 3.91. The van der Waals surface area contributed by atoms with Crippen LogP contribution in [-0.2, 0) is 4.74 Å². The zero-order chi connectivity index (χ0) is 24.8. The van der Waals surface area contributed by atoms with Gasteiger partial charge in [-0.15, -0.1) is 0 Å². The molecule has 10 nitrogen and oxygen atoms in total. The van der Waals surface area contributed by atoms with Crippen molar-refractivity contribution >= 4 is 11.2 Å². The van der Waals surface area contributed by atoms with Gasteiger partial charge in [-0.3, -0.25) is 4.90 Å². The van der Waals surface area contributed by atoms with E-state index in [2.05, 4.69) is 44.4 Å². The third-order valence-electron chi connectivity index (χ3n) is 7.15. The highest BCUT2D eigenvalue weighted by molar-refractivity contribution is 5.79. The number of fused-ring (bicyclic) bond motifs is 1. The molecule has 2 saturated heterocycles. The second kappa shape index (κ2) is 9.02. The van der Waals surface area contributed by atoms with E-state index < -0.39 is 6.10 Å². The lowest BCUT2D eigenvalue weighted by atomic mass is 10.1. The number of piperazine rings is 1. The second-order valence-corrected chi connectivity index (χ2v) is 9.47. The number of hydrogen-bond donors (Lipinski definition) is 1. The molecule has 2 aliphatic rings. The molecule has 1 atom stereocenters. The Hall–Kier alpha value is -3.78. The quantitative estimate of drug-likeness (QED) is 0.460. The number of aliphatic hydroxyl groups is 1. The van der Waals surface area contributed by atoms with E-state index in [-0.39, 0.29) is 0 Å². The highest BCUT2D eigenvalue weighted by Crippen LogP contribution is 2.30. The Morgan fingerprint density at radius 1 is 1.14 bits per heavy atom. The minimum absolute atomic E-state index is 0.307. The molecule has 0 saturated carbocycles. The number of aliphatic hydroxyl groups excluding tert-OH is 1. The fraction of sp³-hybridized carbons (Fsp3) is 0.385. The summed E-state index contributed by atoms with van der Waals surface area (Å²) in [7, 11) is 0. The summed E-state index contributed by atoms with van der Waals surface area (Å²) < 4.78 is 8.86. The van der Waals surface area contributed by atoms with Gasteiger partial charge in [-0.2, -0.15) is 15.5 Å². The van der Waals surface area contributed by atoms with Crippen LogP contribution in [-0.4, -0.2) is 79.8 Å². The molecule has 4 aromatic heterocycles. The smallest absolute Gasteiger partial charge is 0.163 e. The van der Waals surface area contributed by atoms with Gasteiger partial charge < -0.3 is 14.7 Å². The molecule has 0 aliphatic carbocycles. The van der Waals surface area contributed by atoms with Crippen molar-refractivity contribution < 1.29 is 9.84 Å². The maximum absolute atomic E-state index is 10.4. The summed E-state index contributed by atoms with van der Waals surface area (Å²) in [5, 5.41) is 28.6. The van der Waals surface area contributed by atoms with Gasteiger partial charge >= 0.3 is 0 Å². The van der Waals surface area contributed by atoms with E-state index >= 15 is 0 Å². The number of aryl methyl sites for hydroxylation is 1. The molecule has 0 amide bonds. The summed E-state index contributed by atoms with van der Waals surface area (Å²) in [6.45, 7) is 9.32. The zero-order valence-electron chi connectivity index (χ0n) is 20.4. The summed E-state index contributed by atoms with van der Waals surface area (Å²) >= 11 is 0. The molecular formula is C26H28N8O2. The monoisotopic (exact) mass is 484 g/mol. The van der Waals surface area contributed by atoms with Gasteiger partial charge in [0.1, 0.15) is 6.07 Å². The standard InChI is InChI=1S/C26H28N8O2/c1-17-11-19(12-27)30-34(17)26-22(18(2)35)4-5-24(29-26)23-13-28-33-14-20(3-6-25(23)33)31-7-9-32(10-8-31)21-15-36-16-21/h3-6,11,13-14,18,21,35H,7-10,15-16H2,1-2H3. The van der Waals surface area contributed by atoms with Crippen LogP contribution in [0.15, 0.2) is 42.7 Å².